The van der Waals surface area contributed by atoms with Gasteiger partial charge in [-0.2, -0.15) is 0 Å². The van der Waals surface area contributed by atoms with Crippen molar-refractivity contribution >= 4 is 35.4 Å². The molecule has 0 saturated carbocycles. The molecule has 1 N–H and O–H groups in total. The number of nitrogens with one attached hydrogen (secondary N) is 1. The van der Waals surface area contributed by atoms with E-state index in [4.69, 9.17) is 4.74 Å². The van der Waals surface area contributed by atoms with Crippen LogP contribution in [-0.2, 0) is 19.1 Å². The molecule has 0 bridgehead atoms. The molecule has 2 rings (SSSR count). The van der Waals surface area contributed by atoms with Gasteiger partial charge in [-0.25, -0.2) is 14.5 Å². The fourth-order valence-corrected chi connectivity index (χ4v) is 2.37. The van der Waals surface area contributed by atoms with Crippen molar-refractivity contribution in [2.24, 2.45) is 0 Å². The fourth-order valence-electron chi connectivity index (χ4n) is 2.37. The first-order valence-electron chi connectivity index (χ1n) is 8.02. The van der Waals surface area contributed by atoms with Gasteiger partial charge in [-0.3, -0.25) is 19.3 Å². The normalized spacial score (nSPS) is 14.2. The fraction of sp³-hybridized carbons (Fsp3) is 0.353. The minimum absolute atomic E-state index is 0.251. The van der Waals surface area contributed by atoms with Crippen LogP contribution >= 0.6 is 0 Å². The van der Waals surface area contributed by atoms with Crippen molar-refractivity contribution < 1.29 is 28.7 Å². The highest BCUT2D eigenvalue weighted by Crippen LogP contribution is 2.16. The molecular weight excluding hydrogens is 342 g/mol. The average molecular weight is 361 g/mol. The number of benzene rings is 1. The molecule has 1 aromatic carbocycles. The summed E-state index contributed by atoms with van der Waals surface area (Å²) < 4.78 is 4.86. The molecule has 9 nitrogen and oxygen atoms in total. The van der Waals surface area contributed by atoms with Gasteiger partial charge in [-0.1, -0.05) is 0 Å². The van der Waals surface area contributed by atoms with Crippen molar-refractivity contribution in [3.05, 3.63) is 29.8 Å². The van der Waals surface area contributed by atoms with Crippen LogP contribution in [0.15, 0.2) is 24.3 Å². The second-order valence-corrected chi connectivity index (χ2v) is 5.79. The molecule has 1 heterocycles. The van der Waals surface area contributed by atoms with Gasteiger partial charge in [0.2, 0.25) is 5.91 Å². The van der Waals surface area contributed by atoms with E-state index in [0.717, 1.165) is 4.90 Å². The largest absolute Gasteiger partial charge is 0.462 e. The van der Waals surface area contributed by atoms with Gasteiger partial charge in [0, 0.05) is 11.7 Å². The van der Waals surface area contributed by atoms with Crippen molar-refractivity contribution in [2.75, 3.05) is 18.5 Å². The van der Waals surface area contributed by atoms with Crippen LogP contribution in [0.2, 0.25) is 0 Å². The number of esters is 1. The van der Waals surface area contributed by atoms with E-state index in [1.165, 1.54) is 24.3 Å². The third-order valence-electron chi connectivity index (χ3n) is 3.58. The van der Waals surface area contributed by atoms with Crippen molar-refractivity contribution in [3.8, 4) is 0 Å². The number of anilines is 1. The Morgan fingerprint density at radius 3 is 2.19 bits per heavy atom. The van der Waals surface area contributed by atoms with E-state index in [-0.39, 0.29) is 6.61 Å². The molecule has 0 unspecified atom stereocenters. The molecule has 138 valence electrons. The summed E-state index contributed by atoms with van der Waals surface area (Å²) in [4.78, 5) is 60.9. The summed E-state index contributed by atoms with van der Waals surface area (Å²) in [6.45, 7) is 4.56. The van der Waals surface area contributed by atoms with E-state index < -0.39 is 42.3 Å². The lowest BCUT2D eigenvalue weighted by Gasteiger charge is -2.18. The Hall–Kier alpha value is -3.23. The Kier molecular flexibility index (Phi) is 5.71. The molecule has 5 amide bonds. The molecule has 1 saturated heterocycles. The predicted octanol–water partition coefficient (Wildman–Crippen LogP) is 1.00. The number of hydrogen-bond donors (Lipinski definition) is 1. The molecule has 0 atom stereocenters. The second-order valence-electron chi connectivity index (χ2n) is 5.79. The number of ether oxygens (including phenoxy) is 1. The third kappa shape index (κ3) is 3.88. The van der Waals surface area contributed by atoms with Crippen molar-refractivity contribution in [1.82, 2.24) is 9.80 Å². The van der Waals surface area contributed by atoms with Gasteiger partial charge in [0.1, 0.15) is 6.54 Å². The zero-order chi connectivity index (χ0) is 19.4. The summed E-state index contributed by atoms with van der Waals surface area (Å²) in [5, 5.41) is 2.50. The summed E-state index contributed by atoms with van der Waals surface area (Å²) in [6.07, 6.45) is 0. The van der Waals surface area contributed by atoms with Gasteiger partial charge >= 0.3 is 23.8 Å². The number of nitrogens with zero attached hydrogens (tertiary/aromatic N) is 2. The molecule has 26 heavy (non-hydrogen) atoms. The smallest absolute Gasteiger partial charge is 0.338 e. The van der Waals surface area contributed by atoms with E-state index in [2.05, 4.69) is 5.32 Å². The van der Waals surface area contributed by atoms with Crippen LogP contribution in [0.3, 0.4) is 0 Å². The zero-order valence-electron chi connectivity index (χ0n) is 14.6. The highest BCUT2D eigenvalue weighted by molar-refractivity contribution is 6.45. The number of hydrogen-bond acceptors (Lipinski definition) is 6. The van der Waals surface area contributed by atoms with Gasteiger partial charge in [-0.05, 0) is 45.0 Å². The van der Waals surface area contributed by atoms with Crippen molar-refractivity contribution in [3.63, 3.8) is 0 Å². The number of rotatable bonds is 6. The minimum atomic E-state index is -1.03. The lowest BCUT2D eigenvalue weighted by molar-refractivity contribution is -0.144. The topological polar surface area (TPSA) is 113 Å². The monoisotopic (exact) mass is 361 g/mol. The lowest BCUT2D eigenvalue weighted by atomic mass is 10.2. The van der Waals surface area contributed by atoms with E-state index in [1.807, 2.05) is 0 Å². The quantitative estimate of drug-likeness (QED) is 0.459. The molecule has 0 spiro atoms. The maximum Gasteiger partial charge on any atom is 0.338 e. The summed E-state index contributed by atoms with van der Waals surface area (Å²) in [5.41, 5.74) is 0.696. The van der Waals surface area contributed by atoms with E-state index in [0.29, 0.717) is 16.2 Å². The van der Waals surface area contributed by atoms with Gasteiger partial charge in [0.25, 0.3) is 0 Å². The molecular formula is C17H19N3O6. The van der Waals surface area contributed by atoms with Crippen molar-refractivity contribution in [1.29, 1.82) is 0 Å². The number of amides is 5. The molecule has 0 aliphatic carbocycles. The summed E-state index contributed by atoms with van der Waals surface area (Å²) in [5.74, 6) is -3.10. The minimum Gasteiger partial charge on any atom is -0.462 e. The SMILES string of the molecule is CCOC(=O)c1ccc(NC(=O)CN2C(=O)C(=O)N(C(C)C)C2=O)cc1. The Bertz CT molecular complexity index is 756. The van der Waals surface area contributed by atoms with E-state index >= 15 is 0 Å². The van der Waals surface area contributed by atoms with E-state index in [9.17, 15) is 24.0 Å². The maximum atomic E-state index is 12.1. The van der Waals surface area contributed by atoms with Crippen LogP contribution in [0.1, 0.15) is 31.1 Å². The number of imide groups is 2. The van der Waals surface area contributed by atoms with Crippen LogP contribution < -0.4 is 5.32 Å². The number of carbonyl (C=O) groups is 5. The van der Waals surface area contributed by atoms with Crippen molar-refractivity contribution in [2.45, 2.75) is 26.8 Å². The van der Waals surface area contributed by atoms with Crippen LogP contribution in [0, 0.1) is 0 Å². The van der Waals surface area contributed by atoms with E-state index in [1.54, 1.807) is 20.8 Å². The Morgan fingerprint density at radius 1 is 1.08 bits per heavy atom. The van der Waals surface area contributed by atoms with Gasteiger partial charge in [0.05, 0.1) is 12.2 Å². The molecule has 9 heteroatoms. The third-order valence-corrected chi connectivity index (χ3v) is 3.58. The Labute approximate surface area is 149 Å². The highest BCUT2D eigenvalue weighted by Gasteiger charge is 2.46. The Morgan fingerprint density at radius 2 is 1.69 bits per heavy atom. The second kappa shape index (κ2) is 7.77. The zero-order valence-corrected chi connectivity index (χ0v) is 14.6. The average Bonchev–Trinajstić information content (AvgIpc) is 2.79. The molecule has 1 aromatic rings. The highest BCUT2D eigenvalue weighted by atomic mass is 16.5. The molecule has 0 radical (unpaired) electrons. The predicted molar refractivity (Wildman–Crippen MR) is 90.1 cm³/mol. The summed E-state index contributed by atoms with van der Waals surface area (Å²) in [6, 6.07) is 4.63. The van der Waals surface area contributed by atoms with Gasteiger partial charge in [-0.15, -0.1) is 0 Å². The molecule has 1 fully saturated rings. The van der Waals surface area contributed by atoms with Crippen LogP contribution in [-0.4, -0.2) is 58.7 Å². The molecule has 1 aliphatic rings. The Balaban J connectivity index is 2.00. The lowest BCUT2D eigenvalue weighted by Crippen LogP contribution is -2.40. The number of urea groups is 1. The first-order chi connectivity index (χ1) is 12.3. The molecule has 0 aromatic heterocycles. The van der Waals surface area contributed by atoms with Gasteiger partial charge < -0.3 is 10.1 Å². The summed E-state index contributed by atoms with van der Waals surface area (Å²) >= 11 is 0. The first kappa shape index (κ1) is 19.1. The van der Waals surface area contributed by atoms with Gasteiger partial charge in [0.15, 0.2) is 0 Å². The van der Waals surface area contributed by atoms with Crippen LogP contribution in [0.5, 0.6) is 0 Å². The van der Waals surface area contributed by atoms with Crippen LogP contribution in [0.4, 0.5) is 10.5 Å². The van der Waals surface area contributed by atoms with Crippen LogP contribution in [0.25, 0.3) is 0 Å². The maximum absolute atomic E-state index is 12.1. The molecule has 1 aliphatic heterocycles. The standard InChI is InChI=1S/C17H19N3O6/c1-4-26-16(24)11-5-7-12(8-6-11)18-13(21)9-19-14(22)15(23)20(10(2)3)17(19)25/h5-8,10H,4,9H2,1-3H3,(H,18,21). The first-order valence-corrected chi connectivity index (χ1v) is 8.02. The number of carbonyl (C=O) groups excluding carboxylic acids is 5. The summed E-state index contributed by atoms with van der Waals surface area (Å²) in [7, 11) is 0.